The van der Waals surface area contributed by atoms with E-state index >= 15 is 0 Å². The van der Waals surface area contributed by atoms with Crippen LogP contribution in [0, 0.1) is 0 Å². The van der Waals surface area contributed by atoms with Crippen LogP contribution in [0.4, 0.5) is 0 Å². The van der Waals surface area contributed by atoms with Gasteiger partial charge in [-0.3, -0.25) is 0 Å². The average Bonchev–Trinajstić information content (AvgIpc) is 3.38. The van der Waals surface area contributed by atoms with E-state index in [1.165, 1.54) is 20.5 Å². The van der Waals surface area contributed by atoms with Crippen LogP contribution in [0.3, 0.4) is 0 Å². The molecule has 140 valence electrons. The summed E-state index contributed by atoms with van der Waals surface area (Å²) in [7, 11) is 2.17. The van der Waals surface area contributed by atoms with Crippen molar-refractivity contribution in [3.8, 4) is 0 Å². The fraction of sp³-hybridized carbons (Fsp3) is 0.263. The largest absolute Gasteiger partial charge is 0.301 e. The van der Waals surface area contributed by atoms with Crippen molar-refractivity contribution >= 4 is 60.5 Å². The third-order valence-corrected chi connectivity index (χ3v) is 8.31. The van der Waals surface area contributed by atoms with Crippen molar-refractivity contribution in [2.45, 2.75) is 23.1 Å². The average molecular weight is 425 g/mol. The number of thiophene rings is 1. The van der Waals surface area contributed by atoms with E-state index in [0.717, 1.165) is 45.7 Å². The van der Waals surface area contributed by atoms with Gasteiger partial charge in [0.25, 0.3) is 0 Å². The normalized spacial score (nSPS) is 15.0. The number of nitrogens with zero attached hydrogens (tertiary/aromatic N) is 6. The van der Waals surface area contributed by atoms with Gasteiger partial charge in [-0.15, -0.1) is 27.8 Å². The molecule has 0 unspecified atom stereocenters. The molecular formula is C19H16N6S3. The summed E-state index contributed by atoms with van der Waals surface area (Å²) >= 11 is 5.21. The highest BCUT2D eigenvalue weighted by atomic mass is 32.2. The van der Waals surface area contributed by atoms with E-state index < -0.39 is 0 Å². The molecule has 5 heterocycles. The molecule has 1 aromatic carbocycles. The van der Waals surface area contributed by atoms with Gasteiger partial charge in [0.1, 0.15) is 11.2 Å². The molecule has 0 amide bonds. The van der Waals surface area contributed by atoms with Gasteiger partial charge in [-0.25, -0.2) is 19.5 Å². The Morgan fingerprint density at radius 1 is 1.18 bits per heavy atom. The fourth-order valence-electron chi connectivity index (χ4n) is 3.66. The van der Waals surface area contributed by atoms with Crippen molar-refractivity contribution in [3.05, 3.63) is 46.9 Å². The van der Waals surface area contributed by atoms with Gasteiger partial charge in [0.2, 0.25) is 0 Å². The Hall–Kier alpha value is -2.07. The number of aromatic nitrogens is 5. The van der Waals surface area contributed by atoms with E-state index in [-0.39, 0.29) is 0 Å². The zero-order valence-electron chi connectivity index (χ0n) is 15.1. The van der Waals surface area contributed by atoms with Crippen LogP contribution in [-0.2, 0) is 18.7 Å². The topological polar surface area (TPSA) is 59.2 Å². The highest BCUT2D eigenvalue weighted by molar-refractivity contribution is 8.00. The van der Waals surface area contributed by atoms with Gasteiger partial charge in [0.15, 0.2) is 15.8 Å². The van der Waals surface area contributed by atoms with E-state index in [1.807, 2.05) is 10.6 Å². The van der Waals surface area contributed by atoms with E-state index in [4.69, 9.17) is 9.97 Å². The van der Waals surface area contributed by atoms with Crippen LogP contribution in [0.1, 0.15) is 16.3 Å². The maximum atomic E-state index is 4.87. The first kappa shape index (κ1) is 16.8. The molecule has 1 aliphatic rings. The van der Waals surface area contributed by atoms with Gasteiger partial charge in [-0.2, -0.15) is 0 Å². The van der Waals surface area contributed by atoms with Crippen molar-refractivity contribution in [3.63, 3.8) is 0 Å². The second-order valence-electron chi connectivity index (χ2n) is 6.95. The maximum absolute atomic E-state index is 4.87. The summed E-state index contributed by atoms with van der Waals surface area (Å²) < 4.78 is 4.11. The molecule has 0 radical (unpaired) electrons. The second kappa shape index (κ2) is 6.48. The number of hydrogen-bond acceptors (Lipinski definition) is 8. The number of hydrogen-bond donors (Lipinski definition) is 0. The molecule has 4 aromatic heterocycles. The first-order valence-corrected chi connectivity index (χ1v) is 11.7. The van der Waals surface area contributed by atoms with Gasteiger partial charge in [0, 0.05) is 18.0 Å². The second-order valence-corrected chi connectivity index (χ2v) is 10.3. The third-order valence-electron chi connectivity index (χ3n) is 5.01. The standard InChI is InChI=1S/C19H16N6S3/c1-24-7-6-11-14(8-24)27-18-16(11)17-22-15(23-25(17)10-20-18)9-26-19-21-12-4-2-3-5-13(12)28-19/h2-5,10H,6-9H2,1H3. The lowest BCUT2D eigenvalue weighted by Crippen LogP contribution is -2.25. The molecule has 0 aliphatic carbocycles. The zero-order valence-corrected chi connectivity index (χ0v) is 17.6. The molecule has 1 aliphatic heterocycles. The molecule has 0 spiro atoms. The van der Waals surface area contributed by atoms with Crippen LogP contribution in [0.2, 0.25) is 0 Å². The van der Waals surface area contributed by atoms with E-state index in [9.17, 15) is 0 Å². The Bertz CT molecular complexity index is 1300. The maximum Gasteiger partial charge on any atom is 0.167 e. The predicted molar refractivity (Wildman–Crippen MR) is 115 cm³/mol. The first-order valence-electron chi connectivity index (χ1n) is 9.06. The minimum absolute atomic E-state index is 0.706. The molecule has 6 nitrogen and oxygen atoms in total. The molecule has 0 bridgehead atoms. The summed E-state index contributed by atoms with van der Waals surface area (Å²) in [5.41, 5.74) is 3.40. The number of fused-ring (bicyclic) bond motifs is 6. The molecule has 28 heavy (non-hydrogen) atoms. The summed E-state index contributed by atoms with van der Waals surface area (Å²) in [5.74, 6) is 1.53. The Morgan fingerprint density at radius 2 is 2.11 bits per heavy atom. The molecule has 0 saturated carbocycles. The van der Waals surface area contributed by atoms with Gasteiger partial charge >= 0.3 is 0 Å². The van der Waals surface area contributed by atoms with Crippen molar-refractivity contribution in [1.29, 1.82) is 0 Å². The predicted octanol–water partition coefficient (Wildman–Crippen LogP) is 4.23. The zero-order chi connectivity index (χ0) is 18.7. The Balaban J connectivity index is 1.35. The minimum atomic E-state index is 0.706. The highest BCUT2D eigenvalue weighted by Crippen LogP contribution is 2.36. The smallest absolute Gasteiger partial charge is 0.167 e. The van der Waals surface area contributed by atoms with Crippen LogP contribution >= 0.6 is 34.4 Å². The molecule has 0 atom stereocenters. The number of thiazole rings is 1. The Labute approximate surface area is 173 Å². The Kier molecular flexibility index (Phi) is 3.90. The number of para-hydroxylation sites is 1. The van der Waals surface area contributed by atoms with Crippen LogP contribution in [0.15, 0.2) is 34.9 Å². The SMILES string of the molecule is CN1CCc2c(sc3ncn4nc(CSc5nc6ccccc6s5)nc4c23)C1. The minimum Gasteiger partial charge on any atom is -0.301 e. The van der Waals surface area contributed by atoms with Crippen LogP contribution in [-0.4, -0.2) is 43.1 Å². The first-order chi connectivity index (χ1) is 13.7. The molecule has 5 aromatic rings. The monoisotopic (exact) mass is 424 g/mol. The number of benzene rings is 1. The van der Waals surface area contributed by atoms with Crippen LogP contribution < -0.4 is 0 Å². The van der Waals surface area contributed by atoms with Gasteiger partial charge in [0.05, 0.1) is 21.4 Å². The van der Waals surface area contributed by atoms with Crippen LogP contribution in [0.5, 0.6) is 0 Å². The fourth-order valence-corrected chi connectivity index (χ4v) is 6.84. The Morgan fingerprint density at radius 3 is 3.04 bits per heavy atom. The van der Waals surface area contributed by atoms with Crippen molar-refractivity contribution in [2.24, 2.45) is 0 Å². The van der Waals surface area contributed by atoms with Crippen LogP contribution in [0.25, 0.3) is 26.1 Å². The number of rotatable bonds is 3. The molecule has 9 heteroatoms. The third kappa shape index (κ3) is 2.73. The van der Waals surface area contributed by atoms with E-state index in [2.05, 4.69) is 40.2 Å². The van der Waals surface area contributed by atoms with Gasteiger partial charge in [-0.05, 0) is 31.2 Å². The van der Waals surface area contributed by atoms with Crippen molar-refractivity contribution < 1.29 is 0 Å². The molecule has 0 fully saturated rings. The van der Waals surface area contributed by atoms with E-state index in [1.54, 1.807) is 40.8 Å². The summed E-state index contributed by atoms with van der Waals surface area (Å²) in [5, 5.41) is 5.86. The van der Waals surface area contributed by atoms with E-state index in [0.29, 0.717) is 5.75 Å². The number of likely N-dealkylation sites (N-methyl/N-ethyl adjacent to an activating group) is 1. The molecule has 0 saturated heterocycles. The van der Waals surface area contributed by atoms with Crippen molar-refractivity contribution in [1.82, 2.24) is 29.5 Å². The summed E-state index contributed by atoms with van der Waals surface area (Å²) in [4.78, 5) is 19.1. The van der Waals surface area contributed by atoms with Gasteiger partial charge < -0.3 is 4.90 Å². The molecule has 6 rings (SSSR count). The summed E-state index contributed by atoms with van der Waals surface area (Å²) in [6.07, 6.45) is 2.85. The van der Waals surface area contributed by atoms with Gasteiger partial charge in [-0.1, -0.05) is 23.9 Å². The summed E-state index contributed by atoms with van der Waals surface area (Å²) in [6.45, 7) is 2.07. The lowest BCUT2D eigenvalue weighted by atomic mass is 10.1. The number of thioether (sulfide) groups is 1. The lowest BCUT2D eigenvalue weighted by molar-refractivity contribution is 0.318. The summed E-state index contributed by atoms with van der Waals surface area (Å²) in [6, 6.07) is 8.24. The quantitative estimate of drug-likeness (QED) is 0.404. The molecular weight excluding hydrogens is 408 g/mol. The highest BCUT2D eigenvalue weighted by Gasteiger charge is 2.22. The lowest BCUT2D eigenvalue weighted by Gasteiger charge is -2.21. The molecule has 0 N–H and O–H groups in total. The van der Waals surface area contributed by atoms with Crippen molar-refractivity contribution in [2.75, 3.05) is 13.6 Å².